The van der Waals surface area contributed by atoms with Crippen molar-refractivity contribution in [3.63, 3.8) is 0 Å². The Bertz CT molecular complexity index is 895. The second-order valence-corrected chi connectivity index (χ2v) is 17.3. The van der Waals surface area contributed by atoms with Crippen LogP contribution in [-0.4, -0.2) is 53.1 Å². The molecule has 7 nitrogen and oxygen atoms in total. The van der Waals surface area contributed by atoms with E-state index in [0.29, 0.717) is 6.42 Å². The van der Waals surface area contributed by atoms with Crippen LogP contribution in [0.15, 0.2) is 12.2 Å². The highest BCUT2D eigenvalue weighted by molar-refractivity contribution is 7.85. The summed E-state index contributed by atoms with van der Waals surface area (Å²) in [6, 6.07) is -1.23. The number of rotatable bonds is 41. The first-order valence-electron chi connectivity index (χ1n) is 22.5. The van der Waals surface area contributed by atoms with Gasteiger partial charge in [0.15, 0.2) is 0 Å². The number of hydrogen-bond donors (Lipinski definition) is 4. The van der Waals surface area contributed by atoms with Gasteiger partial charge in [0.2, 0.25) is 5.91 Å². The number of allylic oxidation sites excluding steroid dienone is 1. The van der Waals surface area contributed by atoms with Crippen LogP contribution in [0.4, 0.5) is 0 Å². The van der Waals surface area contributed by atoms with E-state index in [1.54, 1.807) is 0 Å². The van der Waals surface area contributed by atoms with Crippen molar-refractivity contribution in [3.05, 3.63) is 12.2 Å². The maximum Gasteiger partial charge on any atom is 0.267 e. The summed E-state index contributed by atoms with van der Waals surface area (Å²) >= 11 is 0. The van der Waals surface area contributed by atoms with Gasteiger partial charge in [-0.15, -0.1) is 0 Å². The number of unbranched alkanes of at least 4 members (excludes halogenated alkanes) is 32. The monoisotopic (exact) mass is 758 g/mol. The summed E-state index contributed by atoms with van der Waals surface area (Å²) in [7, 11) is -4.44. The highest BCUT2D eigenvalue weighted by atomic mass is 32.2. The minimum atomic E-state index is -4.44. The van der Waals surface area contributed by atoms with Gasteiger partial charge in [0.05, 0.1) is 17.9 Å². The van der Waals surface area contributed by atoms with Gasteiger partial charge in [-0.25, -0.2) is 0 Å². The molecule has 0 radical (unpaired) electrons. The third kappa shape index (κ3) is 37.4. The normalized spacial score (nSPS) is 13.9. The van der Waals surface area contributed by atoms with Crippen molar-refractivity contribution in [1.82, 2.24) is 5.32 Å². The Kier molecular flexibility index (Phi) is 37.6. The zero-order chi connectivity index (χ0) is 38.4. The lowest BCUT2D eigenvalue weighted by molar-refractivity contribution is -0.130. The van der Waals surface area contributed by atoms with Crippen LogP contribution < -0.4 is 5.32 Å². The lowest BCUT2D eigenvalue weighted by Gasteiger charge is -2.22. The second-order valence-electron chi connectivity index (χ2n) is 15.8. The first kappa shape index (κ1) is 51.0. The quantitative estimate of drug-likeness (QED) is 0.0280. The molecule has 0 aliphatic carbocycles. The summed E-state index contributed by atoms with van der Waals surface area (Å²) in [4.78, 5) is 12.6. The minimum absolute atomic E-state index is 0.286. The second kappa shape index (κ2) is 38.3. The van der Waals surface area contributed by atoms with E-state index < -0.39 is 40.0 Å². The molecule has 4 N–H and O–H groups in total. The molecule has 8 heteroatoms. The summed E-state index contributed by atoms with van der Waals surface area (Å²) in [5, 5.41) is 23.5. The smallest absolute Gasteiger partial charge is 0.267 e. The Morgan fingerprint density at radius 1 is 0.519 bits per heavy atom. The van der Waals surface area contributed by atoms with E-state index in [-0.39, 0.29) is 6.42 Å². The standard InChI is InChI=1S/C44H87NO6S/c1-3-5-7-9-11-13-15-17-19-21-23-24-26-28-30-32-34-36-38-42(46)41(40-52(49,50)51)45-44(48)43(47)39-37-35-33-31-29-27-25-22-20-18-16-14-12-10-8-6-4-2/h36,38,41-43,46-47H,3-35,37,39-40H2,1-2H3,(H,45,48)(H,49,50,51)/b38-36+. The highest BCUT2D eigenvalue weighted by Gasteiger charge is 2.27. The zero-order valence-electron chi connectivity index (χ0n) is 34.3. The van der Waals surface area contributed by atoms with Crippen LogP contribution in [0.2, 0.25) is 0 Å². The van der Waals surface area contributed by atoms with Crippen molar-refractivity contribution in [2.45, 2.75) is 257 Å². The number of amides is 1. The Hall–Kier alpha value is -0.960. The fourth-order valence-electron chi connectivity index (χ4n) is 7.11. The molecule has 0 heterocycles. The van der Waals surface area contributed by atoms with Crippen LogP contribution in [0.3, 0.4) is 0 Å². The lowest BCUT2D eigenvalue weighted by atomic mass is 10.0. The molecule has 0 saturated carbocycles. The van der Waals surface area contributed by atoms with Gasteiger partial charge in [-0.1, -0.05) is 231 Å². The Balaban J connectivity index is 3.96. The van der Waals surface area contributed by atoms with E-state index >= 15 is 0 Å². The molecular formula is C44H87NO6S. The average Bonchev–Trinajstić information content (AvgIpc) is 3.11. The summed E-state index contributed by atoms with van der Waals surface area (Å²) in [6.07, 6.45) is 44.1. The molecule has 0 aromatic rings. The molecule has 3 atom stereocenters. The highest BCUT2D eigenvalue weighted by Crippen LogP contribution is 2.16. The molecule has 0 aliphatic rings. The van der Waals surface area contributed by atoms with Gasteiger partial charge in [0, 0.05) is 0 Å². The number of carbonyl (C=O) groups is 1. The maximum atomic E-state index is 12.6. The van der Waals surface area contributed by atoms with Crippen molar-refractivity contribution in [1.29, 1.82) is 0 Å². The molecule has 0 aromatic heterocycles. The van der Waals surface area contributed by atoms with Gasteiger partial charge in [-0.3, -0.25) is 9.35 Å². The maximum absolute atomic E-state index is 12.6. The van der Waals surface area contributed by atoms with Crippen molar-refractivity contribution in [3.8, 4) is 0 Å². The molecule has 3 unspecified atom stereocenters. The van der Waals surface area contributed by atoms with Crippen molar-refractivity contribution < 1.29 is 28.0 Å². The predicted molar refractivity (Wildman–Crippen MR) is 222 cm³/mol. The largest absolute Gasteiger partial charge is 0.387 e. The number of aliphatic hydroxyl groups is 2. The van der Waals surface area contributed by atoms with E-state index in [2.05, 4.69) is 19.2 Å². The minimum Gasteiger partial charge on any atom is -0.387 e. The zero-order valence-corrected chi connectivity index (χ0v) is 35.1. The van der Waals surface area contributed by atoms with Gasteiger partial charge in [-0.05, 0) is 19.3 Å². The molecule has 0 fully saturated rings. The van der Waals surface area contributed by atoms with Crippen molar-refractivity contribution >= 4 is 16.0 Å². The number of nitrogens with one attached hydrogen (secondary N) is 1. The molecule has 1 amide bonds. The van der Waals surface area contributed by atoms with Crippen LogP contribution in [0, 0.1) is 0 Å². The van der Waals surface area contributed by atoms with Crippen molar-refractivity contribution in [2.24, 2.45) is 0 Å². The van der Waals surface area contributed by atoms with Crippen LogP contribution in [-0.2, 0) is 14.9 Å². The molecule has 0 rings (SSSR count). The molecular weight excluding hydrogens is 671 g/mol. The summed E-state index contributed by atoms with van der Waals surface area (Å²) in [5.74, 6) is -1.52. The molecule has 0 spiro atoms. The molecule has 0 aromatic carbocycles. The van der Waals surface area contributed by atoms with E-state index in [0.717, 1.165) is 38.5 Å². The summed E-state index contributed by atoms with van der Waals surface area (Å²) < 4.78 is 32.6. The Morgan fingerprint density at radius 2 is 0.827 bits per heavy atom. The molecule has 310 valence electrons. The van der Waals surface area contributed by atoms with E-state index in [4.69, 9.17) is 0 Å². The topological polar surface area (TPSA) is 124 Å². The predicted octanol–water partition coefficient (Wildman–Crippen LogP) is 12.3. The Labute approximate surface area is 323 Å². The van der Waals surface area contributed by atoms with Crippen molar-refractivity contribution in [2.75, 3.05) is 5.75 Å². The molecule has 0 aliphatic heterocycles. The lowest BCUT2D eigenvalue weighted by Crippen LogP contribution is -2.50. The van der Waals surface area contributed by atoms with Crippen LogP contribution in [0.5, 0.6) is 0 Å². The van der Waals surface area contributed by atoms with Crippen LogP contribution in [0.1, 0.15) is 239 Å². The number of hydrogen-bond acceptors (Lipinski definition) is 5. The van der Waals surface area contributed by atoms with Crippen LogP contribution >= 0.6 is 0 Å². The Morgan fingerprint density at radius 3 is 1.15 bits per heavy atom. The van der Waals surface area contributed by atoms with Gasteiger partial charge in [0.25, 0.3) is 10.1 Å². The first-order chi connectivity index (χ1) is 25.2. The third-order valence-electron chi connectivity index (χ3n) is 10.6. The van der Waals surface area contributed by atoms with Gasteiger partial charge in [-0.2, -0.15) is 8.42 Å². The fraction of sp³-hybridized carbons (Fsp3) is 0.932. The van der Waals surface area contributed by atoms with E-state index in [9.17, 15) is 28.0 Å². The number of aliphatic hydroxyl groups excluding tert-OH is 2. The van der Waals surface area contributed by atoms with Gasteiger partial charge < -0.3 is 15.5 Å². The molecule has 0 bridgehead atoms. The fourth-order valence-corrected chi connectivity index (χ4v) is 7.84. The van der Waals surface area contributed by atoms with Gasteiger partial charge >= 0.3 is 0 Å². The molecule has 0 saturated heterocycles. The van der Waals surface area contributed by atoms with E-state index in [1.165, 1.54) is 179 Å². The number of carbonyl (C=O) groups excluding carboxylic acids is 1. The summed E-state index contributed by atoms with van der Waals surface area (Å²) in [5.41, 5.74) is 0. The third-order valence-corrected chi connectivity index (χ3v) is 11.4. The SMILES string of the molecule is CCCCCCCCCCCCCCCCCC/C=C/C(O)C(CS(=O)(=O)O)NC(=O)C(O)CCCCCCCCCCCCCCCCCCC. The van der Waals surface area contributed by atoms with E-state index in [1.807, 2.05) is 6.08 Å². The van der Waals surface area contributed by atoms with Crippen LogP contribution in [0.25, 0.3) is 0 Å². The average molecular weight is 758 g/mol. The summed E-state index contributed by atoms with van der Waals surface area (Å²) in [6.45, 7) is 4.53. The first-order valence-corrected chi connectivity index (χ1v) is 24.1. The molecule has 52 heavy (non-hydrogen) atoms. The van der Waals surface area contributed by atoms with Gasteiger partial charge in [0.1, 0.15) is 6.10 Å².